The number of amides is 1. The van der Waals surface area contributed by atoms with Crippen molar-refractivity contribution in [3.63, 3.8) is 0 Å². The highest BCUT2D eigenvalue weighted by atomic mass is 16.4. The molecule has 1 aliphatic carbocycles. The molecule has 138 valence electrons. The van der Waals surface area contributed by atoms with E-state index in [-0.39, 0.29) is 17.4 Å². The van der Waals surface area contributed by atoms with Crippen LogP contribution in [-0.2, 0) is 16.1 Å². The Morgan fingerprint density at radius 2 is 1.96 bits per heavy atom. The molecule has 1 aromatic heterocycles. The van der Waals surface area contributed by atoms with Crippen LogP contribution >= 0.6 is 0 Å². The van der Waals surface area contributed by atoms with Crippen LogP contribution in [0.4, 0.5) is 0 Å². The number of nitrogens with zero attached hydrogens (tertiary/aromatic N) is 2. The Bertz CT molecular complexity index is 868. The zero-order chi connectivity index (χ0) is 18.7. The molecule has 1 fully saturated rings. The molecule has 2 N–H and O–H groups in total. The van der Waals surface area contributed by atoms with Gasteiger partial charge < -0.3 is 10.4 Å². The zero-order valence-electron chi connectivity index (χ0n) is 14.7. The maximum Gasteiger partial charge on any atom is 0.325 e. The SMILES string of the molecule is C[C@H](NC(=O)C1CCC(Cn2cnc3ccccc3c2=O)CC1)C(=O)O. The lowest BCUT2D eigenvalue weighted by molar-refractivity contribution is -0.142. The Kier molecular flexibility index (Phi) is 5.35. The van der Waals surface area contributed by atoms with Gasteiger partial charge in [0.25, 0.3) is 5.56 Å². The fraction of sp³-hybridized carbons (Fsp3) is 0.474. The van der Waals surface area contributed by atoms with E-state index in [0.29, 0.717) is 36.2 Å². The molecule has 1 heterocycles. The fourth-order valence-electron chi connectivity index (χ4n) is 3.51. The van der Waals surface area contributed by atoms with E-state index in [1.165, 1.54) is 6.92 Å². The van der Waals surface area contributed by atoms with Gasteiger partial charge in [0, 0.05) is 12.5 Å². The van der Waals surface area contributed by atoms with Gasteiger partial charge >= 0.3 is 5.97 Å². The van der Waals surface area contributed by atoms with Gasteiger partial charge in [-0.1, -0.05) is 12.1 Å². The first-order chi connectivity index (χ1) is 12.5. The molecule has 3 rings (SSSR count). The Morgan fingerprint density at radius 1 is 1.27 bits per heavy atom. The summed E-state index contributed by atoms with van der Waals surface area (Å²) in [5.74, 6) is -1.06. The monoisotopic (exact) mass is 357 g/mol. The van der Waals surface area contributed by atoms with Gasteiger partial charge in [0.1, 0.15) is 6.04 Å². The first kappa shape index (κ1) is 18.1. The van der Waals surface area contributed by atoms with Crippen LogP contribution in [0.1, 0.15) is 32.6 Å². The van der Waals surface area contributed by atoms with Gasteiger partial charge in [-0.3, -0.25) is 19.0 Å². The number of benzene rings is 1. The van der Waals surface area contributed by atoms with Crippen molar-refractivity contribution in [3.8, 4) is 0 Å². The number of fused-ring (bicyclic) bond motifs is 1. The molecule has 1 aromatic carbocycles. The molecule has 0 aliphatic heterocycles. The standard InChI is InChI=1S/C19H23N3O4/c1-12(19(25)26)21-17(23)14-8-6-13(7-9-14)10-22-11-20-16-5-3-2-4-15(16)18(22)24/h2-5,11-14H,6-10H2,1H3,(H,21,23)(H,25,26)/t12-,13?,14?/m0/s1. The Balaban J connectivity index is 1.59. The van der Waals surface area contributed by atoms with E-state index >= 15 is 0 Å². The summed E-state index contributed by atoms with van der Waals surface area (Å²) in [4.78, 5) is 39.9. The largest absolute Gasteiger partial charge is 0.480 e. The van der Waals surface area contributed by atoms with E-state index in [2.05, 4.69) is 10.3 Å². The van der Waals surface area contributed by atoms with Crippen molar-refractivity contribution in [1.29, 1.82) is 0 Å². The van der Waals surface area contributed by atoms with Crippen molar-refractivity contribution in [3.05, 3.63) is 40.9 Å². The zero-order valence-corrected chi connectivity index (χ0v) is 14.7. The quantitative estimate of drug-likeness (QED) is 0.849. The van der Waals surface area contributed by atoms with Crippen LogP contribution in [0, 0.1) is 11.8 Å². The number of aliphatic carboxylic acids is 1. The molecule has 26 heavy (non-hydrogen) atoms. The van der Waals surface area contributed by atoms with E-state index in [1.807, 2.05) is 18.2 Å². The van der Waals surface area contributed by atoms with Gasteiger partial charge in [0.05, 0.1) is 17.2 Å². The van der Waals surface area contributed by atoms with Crippen LogP contribution in [0.2, 0.25) is 0 Å². The maximum absolute atomic E-state index is 12.6. The number of carbonyl (C=O) groups is 2. The van der Waals surface area contributed by atoms with Gasteiger partial charge in [0.15, 0.2) is 0 Å². The molecule has 0 saturated heterocycles. The third-order valence-corrected chi connectivity index (χ3v) is 5.13. The molecule has 0 spiro atoms. The summed E-state index contributed by atoms with van der Waals surface area (Å²) in [6, 6.07) is 6.42. The third kappa shape index (κ3) is 3.92. The van der Waals surface area contributed by atoms with Crippen LogP contribution in [0.25, 0.3) is 10.9 Å². The number of carboxylic acids is 1. The van der Waals surface area contributed by atoms with Crippen LogP contribution in [0.5, 0.6) is 0 Å². The fourth-order valence-corrected chi connectivity index (χ4v) is 3.51. The highest BCUT2D eigenvalue weighted by molar-refractivity contribution is 5.84. The van der Waals surface area contributed by atoms with Crippen molar-refractivity contribution < 1.29 is 14.7 Å². The lowest BCUT2D eigenvalue weighted by Crippen LogP contribution is -2.42. The number of carbonyl (C=O) groups excluding carboxylic acids is 1. The average molecular weight is 357 g/mol. The second-order valence-corrected chi connectivity index (χ2v) is 7.01. The highest BCUT2D eigenvalue weighted by Crippen LogP contribution is 2.30. The summed E-state index contributed by atoms with van der Waals surface area (Å²) in [5.41, 5.74) is 0.660. The van der Waals surface area contributed by atoms with Crippen LogP contribution in [-0.4, -0.2) is 32.6 Å². The molecule has 1 atom stereocenters. The molecule has 1 saturated carbocycles. The molecule has 1 aliphatic rings. The topological polar surface area (TPSA) is 101 Å². The highest BCUT2D eigenvalue weighted by Gasteiger charge is 2.28. The lowest BCUT2D eigenvalue weighted by atomic mass is 9.81. The second kappa shape index (κ2) is 7.68. The maximum atomic E-state index is 12.6. The molecular weight excluding hydrogens is 334 g/mol. The van der Waals surface area contributed by atoms with Gasteiger partial charge in [-0.15, -0.1) is 0 Å². The predicted octanol–water partition coefficient (Wildman–Crippen LogP) is 1.79. The number of aromatic nitrogens is 2. The van der Waals surface area contributed by atoms with E-state index in [0.717, 1.165) is 12.8 Å². The minimum absolute atomic E-state index is 0.0363. The Morgan fingerprint density at radius 3 is 2.65 bits per heavy atom. The Hall–Kier alpha value is -2.70. The number of nitrogens with one attached hydrogen (secondary N) is 1. The van der Waals surface area contributed by atoms with Gasteiger partial charge in [-0.25, -0.2) is 4.98 Å². The van der Waals surface area contributed by atoms with E-state index in [1.54, 1.807) is 17.0 Å². The number of carboxylic acid groups (broad SMARTS) is 1. The summed E-state index contributed by atoms with van der Waals surface area (Å²) < 4.78 is 1.65. The van der Waals surface area contributed by atoms with Crippen LogP contribution < -0.4 is 10.9 Å². The van der Waals surface area contributed by atoms with Crippen LogP contribution in [0.15, 0.2) is 35.4 Å². The van der Waals surface area contributed by atoms with Crippen molar-refractivity contribution in [2.75, 3.05) is 0 Å². The normalized spacial score (nSPS) is 21.3. The third-order valence-electron chi connectivity index (χ3n) is 5.13. The lowest BCUT2D eigenvalue weighted by Gasteiger charge is -2.28. The van der Waals surface area contributed by atoms with Gasteiger partial charge in [-0.2, -0.15) is 0 Å². The number of hydrogen-bond acceptors (Lipinski definition) is 4. The molecule has 0 bridgehead atoms. The molecule has 7 heteroatoms. The molecule has 2 aromatic rings. The number of para-hydroxylation sites is 1. The first-order valence-corrected chi connectivity index (χ1v) is 8.93. The number of hydrogen-bond donors (Lipinski definition) is 2. The molecule has 0 radical (unpaired) electrons. The summed E-state index contributed by atoms with van der Waals surface area (Å²) in [5, 5.41) is 12.0. The first-order valence-electron chi connectivity index (χ1n) is 8.93. The van der Waals surface area contributed by atoms with Gasteiger partial charge in [0.2, 0.25) is 5.91 Å². The van der Waals surface area contributed by atoms with E-state index in [4.69, 9.17) is 5.11 Å². The van der Waals surface area contributed by atoms with Crippen LogP contribution in [0.3, 0.4) is 0 Å². The number of rotatable bonds is 5. The van der Waals surface area contributed by atoms with E-state index < -0.39 is 12.0 Å². The van der Waals surface area contributed by atoms with Crippen molar-refractivity contribution >= 4 is 22.8 Å². The van der Waals surface area contributed by atoms with Crippen molar-refractivity contribution in [2.24, 2.45) is 11.8 Å². The molecule has 1 amide bonds. The summed E-state index contributed by atoms with van der Waals surface area (Å²) in [6.45, 7) is 2.06. The minimum atomic E-state index is -1.03. The second-order valence-electron chi connectivity index (χ2n) is 7.01. The molecular formula is C19H23N3O4. The summed E-state index contributed by atoms with van der Waals surface area (Å²) in [7, 11) is 0. The molecule has 0 unspecified atom stereocenters. The predicted molar refractivity (Wildman–Crippen MR) is 96.7 cm³/mol. The molecule has 7 nitrogen and oxygen atoms in total. The van der Waals surface area contributed by atoms with E-state index in [9.17, 15) is 14.4 Å². The summed E-state index contributed by atoms with van der Waals surface area (Å²) in [6.07, 6.45) is 4.67. The Labute approximate surface area is 151 Å². The van der Waals surface area contributed by atoms with Crippen molar-refractivity contribution in [1.82, 2.24) is 14.9 Å². The minimum Gasteiger partial charge on any atom is -0.480 e. The average Bonchev–Trinajstić information content (AvgIpc) is 2.64. The van der Waals surface area contributed by atoms with Crippen molar-refractivity contribution in [2.45, 2.75) is 45.2 Å². The smallest absolute Gasteiger partial charge is 0.325 e. The summed E-state index contributed by atoms with van der Waals surface area (Å²) >= 11 is 0. The van der Waals surface area contributed by atoms with Gasteiger partial charge in [-0.05, 0) is 50.7 Å².